The highest BCUT2D eigenvalue weighted by Crippen LogP contribution is 2.19. The summed E-state index contributed by atoms with van der Waals surface area (Å²) in [5.74, 6) is 0. The van der Waals surface area contributed by atoms with Crippen molar-refractivity contribution >= 4 is 20.0 Å². The molecule has 0 bridgehead atoms. The number of nitrogens with zero attached hydrogens (tertiary/aromatic N) is 2. The van der Waals surface area contributed by atoms with Gasteiger partial charge in [-0.25, -0.2) is 16.8 Å². The number of rotatable bonds is 12. The van der Waals surface area contributed by atoms with Crippen LogP contribution in [0.3, 0.4) is 0 Å². The Kier molecular flexibility index (Phi) is 9.16. The third-order valence-corrected chi connectivity index (χ3v) is 8.66. The van der Waals surface area contributed by atoms with Crippen molar-refractivity contribution < 1.29 is 27.0 Å². The van der Waals surface area contributed by atoms with Gasteiger partial charge in [-0.05, 0) is 44.5 Å². The molecule has 0 saturated carbocycles. The maximum absolute atomic E-state index is 12.9. The first-order valence-electron chi connectivity index (χ1n) is 9.98. The van der Waals surface area contributed by atoms with Gasteiger partial charge < -0.3 is 10.2 Å². The van der Waals surface area contributed by atoms with Crippen LogP contribution in [0.1, 0.15) is 17.5 Å². The molecule has 0 atom stereocenters. The van der Waals surface area contributed by atoms with E-state index in [0.717, 1.165) is 19.7 Å². The largest absolute Gasteiger partial charge is 0.395 e. The molecule has 0 unspecified atom stereocenters. The molecule has 0 heterocycles. The second kappa shape index (κ2) is 11.2. The van der Waals surface area contributed by atoms with Crippen LogP contribution in [0.15, 0.2) is 58.3 Å². The molecule has 0 aromatic heterocycles. The standard InChI is InChI=1S/C21H30N2O6S2/c1-18-4-8-20(9-5-18)30(26,27)22(14-16-24)12-3-13-23(15-17-25)31(28,29)21-10-6-19(2)7-11-21/h4-11,24-25H,3,12-17H2,1-2H3. The molecule has 0 fully saturated rings. The van der Waals surface area contributed by atoms with Gasteiger partial charge in [-0.2, -0.15) is 8.61 Å². The van der Waals surface area contributed by atoms with Crippen LogP contribution < -0.4 is 0 Å². The summed E-state index contributed by atoms with van der Waals surface area (Å²) >= 11 is 0. The molecular formula is C21H30N2O6S2. The van der Waals surface area contributed by atoms with Gasteiger partial charge in [0, 0.05) is 26.2 Å². The van der Waals surface area contributed by atoms with E-state index in [1.807, 2.05) is 13.8 Å². The first-order valence-corrected chi connectivity index (χ1v) is 12.9. The van der Waals surface area contributed by atoms with Gasteiger partial charge in [-0.1, -0.05) is 35.4 Å². The smallest absolute Gasteiger partial charge is 0.243 e. The van der Waals surface area contributed by atoms with Crippen LogP contribution in [-0.2, 0) is 20.0 Å². The fourth-order valence-corrected chi connectivity index (χ4v) is 6.01. The Balaban J connectivity index is 2.15. The molecule has 0 amide bonds. The molecular weight excluding hydrogens is 440 g/mol. The lowest BCUT2D eigenvalue weighted by Gasteiger charge is -2.25. The quantitative estimate of drug-likeness (QED) is 0.484. The number of aliphatic hydroxyl groups is 2. The molecule has 0 aliphatic carbocycles. The monoisotopic (exact) mass is 470 g/mol. The summed E-state index contributed by atoms with van der Waals surface area (Å²) in [6, 6.07) is 12.8. The van der Waals surface area contributed by atoms with Gasteiger partial charge in [0.05, 0.1) is 23.0 Å². The first kappa shape index (κ1) is 25.4. The Morgan fingerprint density at radius 1 is 0.613 bits per heavy atom. The fraction of sp³-hybridized carbons (Fsp3) is 0.429. The predicted octanol–water partition coefficient (Wildman–Crippen LogP) is 1.36. The Morgan fingerprint density at radius 3 is 1.23 bits per heavy atom. The lowest BCUT2D eigenvalue weighted by Crippen LogP contribution is -2.38. The highest BCUT2D eigenvalue weighted by Gasteiger charge is 2.26. The zero-order chi connectivity index (χ0) is 23.1. The summed E-state index contributed by atoms with van der Waals surface area (Å²) in [6.07, 6.45) is 0.205. The number of hydrogen-bond donors (Lipinski definition) is 2. The first-order chi connectivity index (χ1) is 14.6. The van der Waals surface area contributed by atoms with E-state index in [4.69, 9.17) is 0 Å². The number of sulfonamides is 2. The third-order valence-electron chi connectivity index (χ3n) is 4.83. The van der Waals surface area contributed by atoms with Gasteiger partial charge in [0.1, 0.15) is 0 Å². The summed E-state index contributed by atoms with van der Waals surface area (Å²) in [4.78, 5) is 0.233. The van der Waals surface area contributed by atoms with Crippen molar-refractivity contribution in [2.24, 2.45) is 0 Å². The molecule has 2 aromatic rings. The zero-order valence-corrected chi connectivity index (χ0v) is 19.4. The van der Waals surface area contributed by atoms with E-state index in [-0.39, 0.29) is 55.6 Å². The maximum Gasteiger partial charge on any atom is 0.243 e. The van der Waals surface area contributed by atoms with Crippen molar-refractivity contribution in [1.29, 1.82) is 0 Å². The van der Waals surface area contributed by atoms with Crippen molar-refractivity contribution in [1.82, 2.24) is 8.61 Å². The molecule has 2 aromatic carbocycles. The van der Waals surface area contributed by atoms with Gasteiger partial charge in [-0.15, -0.1) is 0 Å². The van der Waals surface area contributed by atoms with Gasteiger partial charge in [-0.3, -0.25) is 0 Å². The average Bonchev–Trinajstić information content (AvgIpc) is 2.73. The van der Waals surface area contributed by atoms with Crippen LogP contribution in [0.5, 0.6) is 0 Å². The van der Waals surface area contributed by atoms with E-state index in [9.17, 15) is 27.0 Å². The Bertz CT molecular complexity index is 951. The minimum Gasteiger partial charge on any atom is -0.395 e. The van der Waals surface area contributed by atoms with E-state index in [0.29, 0.717) is 0 Å². The van der Waals surface area contributed by atoms with Crippen molar-refractivity contribution in [3.05, 3.63) is 59.7 Å². The van der Waals surface area contributed by atoms with Crippen LogP contribution in [0.2, 0.25) is 0 Å². The molecule has 8 nitrogen and oxygen atoms in total. The van der Waals surface area contributed by atoms with Crippen molar-refractivity contribution in [3.63, 3.8) is 0 Å². The lowest BCUT2D eigenvalue weighted by molar-refractivity contribution is 0.238. The summed E-state index contributed by atoms with van der Waals surface area (Å²) in [5, 5.41) is 18.7. The topological polar surface area (TPSA) is 115 Å². The lowest BCUT2D eigenvalue weighted by atomic mass is 10.2. The average molecular weight is 471 g/mol. The molecule has 0 aliphatic rings. The van der Waals surface area contributed by atoms with Crippen LogP contribution in [0.4, 0.5) is 0 Å². The van der Waals surface area contributed by atoms with Crippen molar-refractivity contribution in [2.75, 3.05) is 39.4 Å². The minimum absolute atomic E-state index is 0.0299. The van der Waals surface area contributed by atoms with E-state index in [1.54, 1.807) is 24.3 Å². The van der Waals surface area contributed by atoms with Crippen molar-refractivity contribution in [3.8, 4) is 0 Å². The van der Waals surface area contributed by atoms with Crippen LogP contribution in [0.25, 0.3) is 0 Å². The fourth-order valence-electron chi connectivity index (χ4n) is 3.07. The highest BCUT2D eigenvalue weighted by molar-refractivity contribution is 7.89. The summed E-state index contributed by atoms with van der Waals surface area (Å²) < 4.78 is 54.0. The summed E-state index contributed by atoms with van der Waals surface area (Å²) in [6.45, 7) is 2.87. The zero-order valence-electron chi connectivity index (χ0n) is 17.8. The third kappa shape index (κ3) is 6.58. The maximum atomic E-state index is 12.9. The van der Waals surface area contributed by atoms with Crippen molar-refractivity contribution in [2.45, 2.75) is 30.1 Å². The molecule has 31 heavy (non-hydrogen) atoms. The van der Waals surface area contributed by atoms with Crippen LogP contribution in [-0.4, -0.2) is 75.1 Å². The highest BCUT2D eigenvalue weighted by atomic mass is 32.2. The normalized spacial score (nSPS) is 12.6. The molecule has 0 aliphatic heterocycles. The van der Waals surface area contributed by atoms with Gasteiger partial charge >= 0.3 is 0 Å². The van der Waals surface area contributed by atoms with Gasteiger partial charge in [0.25, 0.3) is 0 Å². The summed E-state index contributed by atoms with van der Waals surface area (Å²) in [7, 11) is -7.65. The molecule has 172 valence electrons. The van der Waals surface area contributed by atoms with Gasteiger partial charge in [0.2, 0.25) is 20.0 Å². The van der Waals surface area contributed by atoms with Crippen LogP contribution in [0, 0.1) is 13.8 Å². The number of aryl methyl sites for hydroxylation is 2. The second-order valence-electron chi connectivity index (χ2n) is 7.24. The van der Waals surface area contributed by atoms with E-state index < -0.39 is 20.0 Å². The number of aliphatic hydroxyl groups excluding tert-OH is 2. The van der Waals surface area contributed by atoms with E-state index in [2.05, 4.69) is 0 Å². The Hall–Kier alpha value is -1.82. The summed E-state index contributed by atoms with van der Waals surface area (Å²) in [5.41, 5.74) is 1.85. The SMILES string of the molecule is Cc1ccc(S(=O)(=O)N(CCO)CCCN(CCO)S(=O)(=O)c2ccc(C)cc2)cc1. The second-order valence-corrected chi connectivity index (χ2v) is 11.1. The number of hydrogen-bond acceptors (Lipinski definition) is 6. The van der Waals surface area contributed by atoms with E-state index in [1.165, 1.54) is 24.3 Å². The van der Waals surface area contributed by atoms with E-state index >= 15 is 0 Å². The van der Waals surface area contributed by atoms with Crippen LogP contribution >= 0.6 is 0 Å². The molecule has 10 heteroatoms. The Morgan fingerprint density at radius 2 is 0.935 bits per heavy atom. The minimum atomic E-state index is -3.83. The molecule has 2 rings (SSSR count). The molecule has 0 spiro atoms. The molecule has 0 saturated heterocycles. The predicted molar refractivity (Wildman–Crippen MR) is 119 cm³/mol. The number of benzene rings is 2. The van der Waals surface area contributed by atoms with Gasteiger partial charge in [0.15, 0.2) is 0 Å². The molecule has 0 radical (unpaired) electrons. The molecule has 2 N–H and O–H groups in total. The Labute approximate surface area is 184 Å².